The van der Waals surface area contributed by atoms with Gasteiger partial charge >= 0.3 is 0 Å². The summed E-state index contributed by atoms with van der Waals surface area (Å²) in [5.41, 5.74) is 4.98. The predicted octanol–water partition coefficient (Wildman–Crippen LogP) is 3.34. The molecule has 0 aromatic heterocycles. The van der Waals surface area contributed by atoms with Gasteiger partial charge in [-0.15, -0.1) is 0 Å². The van der Waals surface area contributed by atoms with E-state index in [4.69, 9.17) is 21.1 Å². The lowest BCUT2D eigenvalue weighted by Crippen LogP contribution is -2.43. The fraction of sp³-hybridized carbons (Fsp3) is 0.176. The third-order valence-corrected chi connectivity index (χ3v) is 3.86. The summed E-state index contributed by atoms with van der Waals surface area (Å²) in [4.78, 5) is 23.8. The Morgan fingerprint density at radius 2 is 1.80 bits per heavy atom. The van der Waals surface area contributed by atoms with Crippen LogP contribution >= 0.6 is 27.5 Å². The average Bonchev–Trinajstić information content (AvgIpc) is 2.61. The Kier molecular flexibility index (Phi) is 7.09. The van der Waals surface area contributed by atoms with Crippen LogP contribution in [0.4, 0.5) is 0 Å². The summed E-state index contributed by atoms with van der Waals surface area (Å²) >= 11 is 9.09. The standard InChI is InChI=1S/C17H16BrClN2O4/c1-2-24-15-8-3-11(9-14(15)18)17(23)21-20-16(22)10-25-13-6-4-12(19)5-7-13/h3-9H,2,10H2,1H3,(H,20,22)(H,21,23). The van der Waals surface area contributed by atoms with Crippen LogP contribution in [-0.4, -0.2) is 25.0 Å². The van der Waals surface area contributed by atoms with Crippen molar-refractivity contribution in [3.05, 3.63) is 57.5 Å². The predicted molar refractivity (Wildman–Crippen MR) is 97.9 cm³/mol. The minimum absolute atomic E-state index is 0.241. The van der Waals surface area contributed by atoms with Gasteiger partial charge in [0.2, 0.25) is 0 Å². The molecule has 2 N–H and O–H groups in total. The number of hydrogen-bond donors (Lipinski definition) is 2. The molecule has 2 rings (SSSR count). The molecule has 0 saturated carbocycles. The van der Waals surface area contributed by atoms with Crippen LogP contribution in [0.1, 0.15) is 17.3 Å². The summed E-state index contributed by atoms with van der Waals surface area (Å²) in [6.45, 7) is 2.15. The van der Waals surface area contributed by atoms with Crippen molar-refractivity contribution in [1.29, 1.82) is 0 Å². The van der Waals surface area contributed by atoms with Crippen LogP contribution in [0.15, 0.2) is 46.9 Å². The van der Waals surface area contributed by atoms with Crippen molar-refractivity contribution in [3.8, 4) is 11.5 Å². The van der Waals surface area contributed by atoms with Gasteiger partial charge in [-0.2, -0.15) is 0 Å². The van der Waals surface area contributed by atoms with E-state index in [-0.39, 0.29) is 6.61 Å². The molecule has 8 heteroatoms. The van der Waals surface area contributed by atoms with E-state index in [9.17, 15) is 9.59 Å². The number of amides is 2. The zero-order chi connectivity index (χ0) is 18.2. The summed E-state index contributed by atoms with van der Waals surface area (Å²) in [7, 11) is 0. The molecule has 0 saturated heterocycles. The molecule has 6 nitrogen and oxygen atoms in total. The molecule has 0 atom stereocenters. The SMILES string of the molecule is CCOc1ccc(C(=O)NNC(=O)COc2ccc(Cl)cc2)cc1Br. The van der Waals surface area contributed by atoms with E-state index in [0.717, 1.165) is 0 Å². The maximum absolute atomic E-state index is 12.0. The van der Waals surface area contributed by atoms with E-state index in [0.29, 0.717) is 33.2 Å². The largest absolute Gasteiger partial charge is 0.493 e. The van der Waals surface area contributed by atoms with Crippen molar-refractivity contribution < 1.29 is 19.1 Å². The first-order chi connectivity index (χ1) is 12.0. The highest BCUT2D eigenvalue weighted by Gasteiger charge is 2.10. The van der Waals surface area contributed by atoms with Gasteiger partial charge in [-0.1, -0.05) is 11.6 Å². The molecule has 0 radical (unpaired) electrons. The first kappa shape index (κ1) is 19.1. The number of benzene rings is 2. The van der Waals surface area contributed by atoms with E-state index < -0.39 is 11.8 Å². The molecule has 2 amide bonds. The summed E-state index contributed by atoms with van der Waals surface area (Å²) in [5.74, 6) is 0.192. The minimum Gasteiger partial charge on any atom is -0.493 e. The smallest absolute Gasteiger partial charge is 0.276 e. The van der Waals surface area contributed by atoms with Crippen LogP contribution in [0.25, 0.3) is 0 Å². The zero-order valence-electron chi connectivity index (χ0n) is 13.3. The van der Waals surface area contributed by atoms with Crippen molar-refractivity contribution in [2.45, 2.75) is 6.92 Å². The Balaban J connectivity index is 1.81. The molecule has 132 valence electrons. The third kappa shape index (κ3) is 5.95. The highest BCUT2D eigenvalue weighted by atomic mass is 79.9. The normalized spacial score (nSPS) is 10.0. The van der Waals surface area contributed by atoms with Gasteiger partial charge in [0.25, 0.3) is 11.8 Å². The topological polar surface area (TPSA) is 76.7 Å². The maximum atomic E-state index is 12.0. The van der Waals surface area contributed by atoms with E-state index in [2.05, 4.69) is 26.8 Å². The van der Waals surface area contributed by atoms with Gasteiger partial charge in [0.15, 0.2) is 6.61 Å². The Morgan fingerprint density at radius 3 is 2.44 bits per heavy atom. The lowest BCUT2D eigenvalue weighted by molar-refractivity contribution is -0.123. The minimum atomic E-state index is -0.492. The third-order valence-electron chi connectivity index (χ3n) is 2.99. The van der Waals surface area contributed by atoms with Gasteiger partial charge in [-0.3, -0.25) is 20.4 Å². The van der Waals surface area contributed by atoms with Crippen molar-refractivity contribution in [2.75, 3.05) is 13.2 Å². The molecule has 0 heterocycles. The van der Waals surface area contributed by atoms with Crippen molar-refractivity contribution in [2.24, 2.45) is 0 Å². The molecule has 2 aromatic rings. The van der Waals surface area contributed by atoms with E-state index in [1.165, 1.54) is 0 Å². The monoisotopic (exact) mass is 426 g/mol. The number of nitrogens with one attached hydrogen (secondary N) is 2. The Labute approximate surface area is 158 Å². The summed E-state index contributed by atoms with van der Waals surface area (Å²) < 4.78 is 11.3. The number of hydrazine groups is 1. The number of ether oxygens (including phenoxy) is 2. The highest BCUT2D eigenvalue weighted by Crippen LogP contribution is 2.25. The number of carbonyl (C=O) groups excluding carboxylic acids is 2. The molecular formula is C17H16BrClN2O4. The molecular weight excluding hydrogens is 412 g/mol. The van der Waals surface area contributed by atoms with Gasteiger partial charge in [0.1, 0.15) is 11.5 Å². The molecule has 0 unspecified atom stereocenters. The summed E-state index contributed by atoms with van der Waals surface area (Å²) in [6.07, 6.45) is 0. The number of hydrogen-bond acceptors (Lipinski definition) is 4. The first-order valence-electron chi connectivity index (χ1n) is 7.39. The number of halogens is 2. The zero-order valence-corrected chi connectivity index (χ0v) is 15.7. The molecule has 0 aliphatic heterocycles. The highest BCUT2D eigenvalue weighted by molar-refractivity contribution is 9.10. The molecule has 25 heavy (non-hydrogen) atoms. The molecule has 0 aliphatic carbocycles. The van der Waals surface area contributed by atoms with Gasteiger partial charge in [-0.05, 0) is 65.3 Å². The fourth-order valence-corrected chi connectivity index (χ4v) is 2.45. The Hall–Kier alpha value is -2.25. The van der Waals surface area contributed by atoms with Gasteiger partial charge in [0, 0.05) is 10.6 Å². The van der Waals surface area contributed by atoms with Crippen molar-refractivity contribution in [1.82, 2.24) is 10.9 Å². The number of rotatable bonds is 6. The lowest BCUT2D eigenvalue weighted by atomic mass is 10.2. The fourth-order valence-electron chi connectivity index (χ4n) is 1.83. The van der Waals surface area contributed by atoms with Crippen LogP contribution in [0, 0.1) is 0 Å². The summed E-state index contributed by atoms with van der Waals surface area (Å²) in [5, 5.41) is 0.575. The van der Waals surface area contributed by atoms with Crippen LogP contribution in [-0.2, 0) is 4.79 Å². The van der Waals surface area contributed by atoms with E-state index in [1.54, 1.807) is 42.5 Å². The quantitative estimate of drug-likeness (QED) is 0.693. The van der Waals surface area contributed by atoms with E-state index >= 15 is 0 Å². The van der Waals surface area contributed by atoms with Crippen LogP contribution in [0.5, 0.6) is 11.5 Å². The Bertz CT molecular complexity index is 753. The van der Waals surface area contributed by atoms with Crippen LogP contribution in [0.3, 0.4) is 0 Å². The maximum Gasteiger partial charge on any atom is 0.276 e. The summed E-state index contributed by atoms with van der Waals surface area (Å²) in [6, 6.07) is 11.5. The van der Waals surface area contributed by atoms with E-state index in [1.807, 2.05) is 6.92 Å². The molecule has 2 aromatic carbocycles. The Morgan fingerprint density at radius 1 is 1.08 bits per heavy atom. The molecule has 0 bridgehead atoms. The van der Waals surface area contributed by atoms with Crippen molar-refractivity contribution in [3.63, 3.8) is 0 Å². The second-order valence-corrected chi connectivity index (χ2v) is 6.11. The second kappa shape index (κ2) is 9.29. The average molecular weight is 428 g/mol. The molecule has 0 fully saturated rings. The second-order valence-electron chi connectivity index (χ2n) is 4.82. The van der Waals surface area contributed by atoms with Gasteiger partial charge in [-0.25, -0.2) is 0 Å². The molecule has 0 spiro atoms. The van der Waals surface area contributed by atoms with Crippen LogP contribution < -0.4 is 20.3 Å². The van der Waals surface area contributed by atoms with Gasteiger partial charge < -0.3 is 9.47 Å². The van der Waals surface area contributed by atoms with Crippen LogP contribution in [0.2, 0.25) is 5.02 Å². The van der Waals surface area contributed by atoms with Gasteiger partial charge in [0.05, 0.1) is 11.1 Å². The van der Waals surface area contributed by atoms with Crippen molar-refractivity contribution >= 4 is 39.3 Å². The lowest BCUT2D eigenvalue weighted by Gasteiger charge is -2.10. The number of carbonyl (C=O) groups is 2. The molecule has 0 aliphatic rings. The first-order valence-corrected chi connectivity index (χ1v) is 8.56.